The lowest BCUT2D eigenvalue weighted by molar-refractivity contribution is 0.187. The Kier molecular flexibility index (Phi) is 4.83. The maximum Gasteiger partial charge on any atom is 0.159 e. The van der Waals surface area contributed by atoms with Crippen LogP contribution in [0.15, 0.2) is 18.2 Å². The summed E-state index contributed by atoms with van der Waals surface area (Å²) in [6, 6.07) is 3.87. The van der Waals surface area contributed by atoms with Crippen LogP contribution in [0, 0.1) is 23.5 Å². The molecular weight excluding hydrogens is 212 g/mol. The van der Waals surface area contributed by atoms with E-state index < -0.39 is 11.6 Å². The van der Waals surface area contributed by atoms with Gasteiger partial charge in [0, 0.05) is 6.61 Å². The highest BCUT2D eigenvalue weighted by molar-refractivity contribution is 5.18. The smallest absolute Gasteiger partial charge is 0.159 e. The molecule has 1 aromatic rings. The number of nitrogens with two attached hydrogens (primary N) is 1. The molecule has 0 saturated carbocycles. The van der Waals surface area contributed by atoms with Crippen molar-refractivity contribution >= 4 is 0 Å². The normalized spacial score (nSPS) is 14.8. The lowest BCUT2D eigenvalue weighted by Crippen LogP contribution is -2.26. The zero-order chi connectivity index (χ0) is 12.1. The fourth-order valence-corrected chi connectivity index (χ4v) is 1.69. The lowest BCUT2D eigenvalue weighted by atomic mass is 9.89. The summed E-state index contributed by atoms with van der Waals surface area (Å²) in [5.41, 5.74) is 6.22. The SMILES string of the molecule is CC(Cc1ccc(F)c(F)c1)C(CN)CO. The Morgan fingerprint density at radius 1 is 1.31 bits per heavy atom. The van der Waals surface area contributed by atoms with E-state index in [9.17, 15) is 8.78 Å². The molecule has 0 spiro atoms. The Morgan fingerprint density at radius 3 is 2.50 bits per heavy atom. The Bertz CT molecular complexity index is 340. The average Bonchev–Trinajstić information content (AvgIpc) is 2.25. The van der Waals surface area contributed by atoms with Gasteiger partial charge >= 0.3 is 0 Å². The van der Waals surface area contributed by atoms with Crippen LogP contribution in [0.1, 0.15) is 12.5 Å². The average molecular weight is 229 g/mol. The minimum absolute atomic E-state index is 0.00638. The Labute approximate surface area is 94.1 Å². The summed E-state index contributed by atoms with van der Waals surface area (Å²) in [4.78, 5) is 0. The van der Waals surface area contributed by atoms with Crippen LogP contribution in [0.2, 0.25) is 0 Å². The molecule has 0 bridgehead atoms. The van der Waals surface area contributed by atoms with Gasteiger partial charge < -0.3 is 10.8 Å². The van der Waals surface area contributed by atoms with Crippen molar-refractivity contribution in [2.24, 2.45) is 17.6 Å². The Hall–Kier alpha value is -1.00. The highest BCUT2D eigenvalue weighted by atomic mass is 19.2. The molecular formula is C12H17F2NO. The van der Waals surface area contributed by atoms with Crippen molar-refractivity contribution in [2.75, 3.05) is 13.2 Å². The van der Waals surface area contributed by atoms with E-state index in [4.69, 9.17) is 10.8 Å². The number of aliphatic hydroxyl groups is 1. The second kappa shape index (κ2) is 5.92. The van der Waals surface area contributed by atoms with Gasteiger partial charge in [-0.3, -0.25) is 0 Å². The number of rotatable bonds is 5. The summed E-state index contributed by atoms with van der Waals surface area (Å²) >= 11 is 0. The molecule has 2 nitrogen and oxygen atoms in total. The molecule has 2 unspecified atom stereocenters. The molecule has 0 radical (unpaired) electrons. The molecule has 0 saturated heterocycles. The highest BCUT2D eigenvalue weighted by Gasteiger charge is 2.15. The van der Waals surface area contributed by atoms with Crippen LogP contribution >= 0.6 is 0 Å². The third-order valence-electron chi connectivity index (χ3n) is 2.88. The van der Waals surface area contributed by atoms with Crippen LogP contribution in [0.3, 0.4) is 0 Å². The van der Waals surface area contributed by atoms with E-state index in [-0.39, 0.29) is 18.4 Å². The van der Waals surface area contributed by atoms with Gasteiger partial charge in [-0.25, -0.2) is 8.78 Å². The zero-order valence-electron chi connectivity index (χ0n) is 9.29. The number of hydrogen-bond acceptors (Lipinski definition) is 2. The van der Waals surface area contributed by atoms with Gasteiger partial charge in [-0.2, -0.15) is 0 Å². The van der Waals surface area contributed by atoms with E-state index in [0.29, 0.717) is 13.0 Å². The number of halogens is 2. The zero-order valence-corrected chi connectivity index (χ0v) is 9.29. The molecule has 0 aliphatic carbocycles. The van der Waals surface area contributed by atoms with Gasteiger partial charge in [0.2, 0.25) is 0 Å². The van der Waals surface area contributed by atoms with Crippen LogP contribution in [0.5, 0.6) is 0 Å². The fourth-order valence-electron chi connectivity index (χ4n) is 1.69. The minimum Gasteiger partial charge on any atom is -0.396 e. The molecule has 0 aliphatic rings. The molecule has 1 aromatic carbocycles. The van der Waals surface area contributed by atoms with Gasteiger partial charge in [-0.1, -0.05) is 13.0 Å². The van der Waals surface area contributed by atoms with Crippen LogP contribution in [-0.4, -0.2) is 18.3 Å². The molecule has 0 aliphatic heterocycles. The Balaban J connectivity index is 2.69. The van der Waals surface area contributed by atoms with E-state index in [2.05, 4.69) is 0 Å². The van der Waals surface area contributed by atoms with Crippen molar-refractivity contribution in [3.05, 3.63) is 35.4 Å². The predicted octanol–water partition coefficient (Wildman–Crippen LogP) is 1.71. The van der Waals surface area contributed by atoms with Crippen molar-refractivity contribution in [2.45, 2.75) is 13.3 Å². The summed E-state index contributed by atoms with van der Waals surface area (Å²) in [5.74, 6) is -1.54. The highest BCUT2D eigenvalue weighted by Crippen LogP contribution is 2.18. The number of benzene rings is 1. The van der Waals surface area contributed by atoms with Crippen LogP contribution in [0.4, 0.5) is 8.78 Å². The van der Waals surface area contributed by atoms with Crippen molar-refractivity contribution < 1.29 is 13.9 Å². The third-order valence-corrected chi connectivity index (χ3v) is 2.88. The van der Waals surface area contributed by atoms with E-state index in [1.165, 1.54) is 6.07 Å². The first kappa shape index (κ1) is 13.1. The second-order valence-corrected chi connectivity index (χ2v) is 4.11. The van der Waals surface area contributed by atoms with Crippen LogP contribution < -0.4 is 5.73 Å². The number of hydrogen-bond donors (Lipinski definition) is 2. The monoisotopic (exact) mass is 229 g/mol. The first-order chi connectivity index (χ1) is 7.58. The first-order valence-corrected chi connectivity index (χ1v) is 5.33. The van der Waals surface area contributed by atoms with E-state index in [1.54, 1.807) is 6.07 Å². The summed E-state index contributed by atoms with van der Waals surface area (Å²) in [6.07, 6.45) is 0.583. The molecule has 0 aromatic heterocycles. The quantitative estimate of drug-likeness (QED) is 0.807. The van der Waals surface area contributed by atoms with E-state index in [1.807, 2.05) is 6.92 Å². The largest absolute Gasteiger partial charge is 0.396 e. The van der Waals surface area contributed by atoms with Gasteiger partial charge in [0.1, 0.15) is 0 Å². The van der Waals surface area contributed by atoms with Gasteiger partial charge in [-0.15, -0.1) is 0 Å². The van der Waals surface area contributed by atoms with Crippen LogP contribution in [0.25, 0.3) is 0 Å². The summed E-state index contributed by atoms with van der Waals surface area (Å²) in [7, 11) is 0. The molecule has 1 rings (SSSR count). The maximum absolute atomic E-state index is 12.9. The van der Waals surface area contributed by atoms with Gasteiger partial charge in [0.25, 0.3) is 0 Å². The van der Waals surface area contributed by atoms with Crippen molar-refractivity contribution in [3.8, 4) is 0 Å². The van der Waals surface area contributed by atoms with Crippen molar-refractivity contribution in [3.63, 3.8) is 0 Å². The lowest BCUT2D eigenvalue weighted by Gasteiger charge is -2.20. The summed E-state index contributed by atoms with van der Waals surface area (Å²) in [6.45, 7) is 2.34. The second-order valence-electron chi connectivity index (χ2n) is 4.11. The summed E-state index contributed by atoms with van der Waals surface area (Å²) < 4.78 is 25.6. The minimum atomic E-state index is -0.839. The first-order valence-electron chi connectivity index (χ1n) is 5.33. The molecule has 16 heavy (non-hydrogen) atoms. The van der Waals surface area contributed by atoms with E-state index in [0.717, 1.165) is 11.6 Å². The third kappa shape index (κ3) is 3.25. The Morgan fingerprint density at radius 2 is 2.00 bits per heavy atom. The molecule has 2 atom stereocenters. The predicted molar refractivity (Wildman–Crippen MR) is 58.9 cm³/mol. The molecule has 0 heterocycles. The molecule has 4 heteroatoms. The molecule has 0 amide bonds. The molecule has 90 valence electrons. The van der Waals surface area contributed by atoms with Gasteiger partial charge in [0.15, 0.2) is 11.6 Å². The van der Waals surface area contributed by atoms with Crippen LogP contribution in [-0.2, 0) is 6.42 Å². The summed E-state index contributed by atoms with van der Waals surface area (Å²) in [5, 5.41) is 9.06. The van der Waals surface area contributed by atoms with Gasteiger partial charge in [0.05, 0.1) is 0 Å². The number of aliphatic hydroxyl groups excluding tert-OH is 1. The maximum atomic E-state index is 12.9. The topological polar surface area (TPSA) is 46.2 Å². The van der Waals surface area contributed by atoms with Crippen molar-refractivity contribution in [1.29, 1.82) is 0 Å². The standard InChI is InChI=1S/C12H17F2NO/c1-8(10(6-15)7-16)4-9-2-3-11(13)12(14)5-9/h2-3,5,8,10,16H,4,6-7,15H2,1H3. The molecule has 3 N–H and O–H groups in total. The molecule has 0 fully saturated rings. The van der Waals surface area contributed by atoms with Gasteiger partial charge in [-0.05, 0) is 42.5 Å². The fraction of sp³-hybridized carbons (Fsp3) is 0.500. The van der Waals surface area contributed by atoms with Crippen molar-refractivity contribution in [1.82, 2.24) is 0 Å². The van der Waals surface area contributed by atoms with E-state index >= 15 is 0 Å².